The standard InChI is InChI=1S/C31H40FN5/c1-20-14-26-25-4-2-3-5-27(25)35-30(26)31(37(20)28-8-6-21-15-24(28)16-21)23-7-9-29(34-18-23)33-11-13-36-12-10-22(17-32)19-36/h2-5,7,9,18,20-22,24,28,31,35H,6,8,10-17,19H2,1H3,(H,33,34)/t20-,21?,22?,24?,28?,31-/m1/s1. The molecule has 0 radical (unpaired) electrons. The summed E-state index contributed by atoms with van der Waals surface area (Å²) >= 11 is 0. The topological polar surface area (TPSA) is 47.2 Å². The fourth-order valence-corrected chi connectivity index (χ4v) is 7.96. The van der Waals surface area contributed by atoms with E-state index in [1.54, 1.807) is 0 Å². The Bertz CT molecular complexity index is 1230. The third-order valence-corrected chi connectivity index (χ3v) is 9.92. The molecule has 4 heterocycles. The summed E-state index contributed by atoms with van der Waals surface area (Å²) in [4.78, 5) is 14.0. The highest BCUT2D eigenvalue weighted by Gasteiger charge is 2.48. The molecule has 3 aliphatic carbocycles. The molecule has 196 valence electrons. The smallest absolute Gasteiger partial charge is 0.125 e. The van der Waals surface area contributed by atoms with Gasteiger partial charge in [0, 0.05) is 60.4 Å². The van der Waals surface area contributed by atoms with Gasteiger partial charge in [0.25, 0.3) is 0 Å². The number of benzene rings is 1. The van der Waals surface area contributed by atoms with Gasteiger partial charge in [-0.05, 0) is 87.1 Å². The van der Waals surface area contributed by atoms with Crippen LogP contribution in [0.3, 0.4) is 0 Å². The predicted molar refractivity (Wildman–Crippen MR) is 148 cm³/mol. The maximum atomic E-state index is 12.9. The van der Waals surface area contributed by atoms with Gasteiger partial charge < -0.3 is 15.2 Å². The van der Waals surface area contributed by atoms with E-state index in [1.807, 2.05) is 0 Å². The van der Waals surface area contributed by atoms with Crippen molar-refractivity contribution >= 4 is 16.7 Å². The van der Waals surface area contributed by atoms with Crippen molar-refractivity contribution in [2.24, 2.45) is 17.8 Å². The lowest BCUT2D eigenvalue weighted by Gasteiger charge is -2.55. The molecule has 2 aromatic heterocycles. The fourth-order valence-electron chi connectivity index (χ4n) is 7.96. The number of alkyl halides is 1. The maximum Gasteiger partial charge on any atom is 0.125 e. The Kier molecular flexibility index (Phi) is 6.20. The van der Waals surface area contributed by atoms with Crippen LogP contribution < -0.4 is 5.32 Å². The van der Waals surface area contributed by atoms with Crippen LogP contribution in [0, 0.1) is 17.8 Å². The van der Waals surface area contributed by atoms with Crippen LogP contribution in [0.2, 0.25) is 0 Å². The van der Waals surface area contributed by atoms with Crippen molar-refractivity contribution in [3.05, 3.63) is 59.4 Å². The molecule has 2 bridgehead atoms. The molecule has 4 fully saturated rings. The number of fused-ring (bicyclic) bond motifs is 5. The molecule has 5 nitrogen and oxygen atoms in total. The Hall–Kier alpha value is -2.44. The Morgan fingerprint density at radius 2 is 2.00 bits per heavy atom. The van der Waals surface area contributed by atoms with Gasteiger partial charge >= 0.3 is 0 Å². The quantitative estimate of drug-likeness (QED) is 0.430. The van der Waals surface area contributed by atoms with Crippen LogP contribution in [0.4, 0.5) is 10.2 Å². The lowest BCUT2D eigenvalue weighted by Crippen LogP contribution is -2.56. The van der Waals surface area contributed by atoms with E-state index in [9.17, 15) is 4.39 Å². The summed E-state index contributed by atoms with van der Waals surface area (Å²) in [6, 6.07) is 14.6. The minimum Gasteiger partial charge on any atom is -0.369 e. The minimum atomic E-state index is -0.190. The van der Waals surface area contributed by atoms with Crippen molar-refractivity contribution in [2.75, 3.05) is 38.2 Å². The van der Waals surface area contributed by atoms with Crippen molar-refractivity contribution < 1.29 is 4.39 Å². The molecule has 8 rings (SSSR count). The van der Waals surface area contributed by atoms with Crippen LogP contribution in [0.15, 0.2) is 42.6 Å². The Morgan fingerprint density at radius 1 is 1.11 bits per heavy atom. The SMILES string of the molecule is C[C@@H]1Cc2c([nH]c3ccccc23)[C@@H](c2ccc(NCCN3CCC(CF)C3)nc2)N1C1CCC2CC1C2. The molecule has 0 spiro atoms. The number of H-pyrrole nitrogens is 1. The number of pyridine rings is 1. The Morgan fingerprint density at radius 3 is 2.76 bits per heavy atom. The van der Waals surface area contributed by atoms with E-state index in [1.165, 1.54) is 53.4 Å². The van der Waals surface area contributed by atoms with Crippen molar-refractivity contribution in [3.8, 4) is 0 Å². The van der Waals surface area contributed by atoms with E-state index >= 15 is 0 Å². The summed E-state index contributed by atoms with van der Waals surface area (Å²) in [5.74, 6) is 2.99. The first-order valence-corrected chi connectivity index (χ1v) is 14.5. The first kappa shape index (κ1) is 23.7. The highest BCUT2D eigenvalue weighted by atomic mass is 19.1. The van der Waals surface area contributed by atoms with E-state index in [0.717, 1.165) is 56.7 Å². The number of para-hydroxylation sites is 1. The molecule has 5 aliphatic rings. The van der Waals surface area contributed by atoms with Gasteiger partial charge in [-0.3, -0.25) is 9.29 Å². The second-order valence-electron chi connectivity index (χ2n) is 12.2. The van der Waals surface area contributed by atoms with Crippen LogP contribution in [0.25, 0.3) is 10.9 Å². The predicted octanol–water partition coefficient (Wildman–Crippen LogP) is 5.79. The van der Waals surface area contributed by atoms with E-state index in [2.05, 4.69) is 69.6 Å². The van der Waals surface area contributed by atoms with Gasteiger partial charge in [-0.25, -0.2) is 4.98 Å². The lowest BCUT2D eigenvalue weighted by molar-refractivity contribution is -0.0356. The van der Waals surface area contributed by atoms with Gasteiger partial charge in [-0.15, -0.1) is 0 Å². The zero-order chi connectivity index (χ0) is 24.9. The number of aromatic amines is 1. The van der Waals surface area contributed by atoms with Crippen LogP contribution in [-0.4, -0.2) is 64.7 Å². The van der Waals surface area contributed by atoms with Crippen molar-refractivity contribution in [1.82, 2.24) is 19.8 Å². The average molecular weight is 502 g/mol. The highest BCUT2D eigenvalue weighted by molar-refractivity contribution is 5.85. The molecule has 1 saturated heterocycles. The van der Waals surface area contributed by atoms with Crippen molar-refractivity contribution in [2.45, 2.75) is 63.6 Å². The van der Waals surface area contributed by atoms with Gasteiger partial charge in [-0.1, -0.05) is 24.3 Å². The van der Waals surface area contributed by atoms with Crippen LogP contribution in [0.5, 0.6) is 0 Å². The largest absolute Gasteiger partial charge is 0.369 e. The molecule has 0 amide bonds. The summed E-state index contributed by atoms with van der Waals surface area (Å²) in [5.41, 5.74) is 5.41. The summed E-state index contributed by atoms with van der Waals surface area (Å²) in [6.45, 7) is 5.93. The van der Waals surface area contributed by atoms with Gasteiger partial charge in [0.15, 0.2) is 0 Å². The van der Waals surface area contributed by atoms with Gasteiger partial charge in [-0.2, -0.15) is 0 Å². The number of nitrogens with zero attached hydrogens (tertiary/aromatic N) is 3. The van der Waals surface area contributed by atoms with E-state index in [-0.39, 0.29) is 18.6 Å². The molecule has 2 unspecified atom stereocenters. The number of anilines is 1. The van der Waals surface area contributed by atoms with E-state index < -0.39 is 0 Å². The van der Waals surface area contributed by atoms with Gasteiger partial charge in [0.1, 0.15) is 5.82 Å². The lowest BCUT2D eigenvalue weighted by atomic mass is 9.61. The minimum absolute atomic E-state index is 0.190. The number of nitrogens with one attached hydrogen (secondary N) is 2. The van der Waals surface area contributed by atoms with Crippen LogP contribution >= 0.6 is 0 Å². The van der Waals surface area contributed by atoms with Crippen LogP contribution in [0.1, 0.15) is 61.9 Å². The molecule has 6 heteroatoms. The average Bonchev–Trinajstić information content (AvgIpc) is 3.52. The molecular weight excluding hydrogens is 461 g/mol. The normalized spacial score (nSPS) is 31.8. The number of aromatic nitrogens is 2. The number of halogens is 1. The van der Waals surface area contributed by atoms with Crippen LogP contribution in [-0.2, 0) is 6.42 Å². The second kappa shape index (κ2) is 9.70. The van der Waals surface area contributed by atoms with E-state index in [0.29, 0.717) is 12.1 Å². The number of hydrogen-bond acceptors (Lipinski definition) is 4. The molecule has 37 heavy (non-hydrogen) atoms. The van der Waals surface area contributed by atoms with Gasteiger partial charge in [0.05, 0.1) is 12.7 Å². The third-order valence-electron chi connectivity index (χ3n) is 9.92. The molecule has 3 saturated carbocycles. The molecule has 1 aromatic carbocycles. The summed E-state index contributed by atoms with van der Waals surface area (Å²) in [7, 11) is 0. The summed E-state index contributed by atoms with van der Waals surface area (Å²) < 4.78 is 12.9. The molecular formula is C31H40FN5. The Labute approximate surface area is 219 Å². The number of likely N-dealkylation sites (tertiary alicyclic amines) is 1. The first-order valence-electron chi connectivity index (χ1n) is 14.5. The third kappa shape index (κ3) is 4.26. The first-order chi connectivity index (χ1) is 18.2. The summed E-state index contributed by atoms with van der Waals surface area (Å²) in [6.07, 6.45) is 9.76. The highest BCUT2D eigenvalue weighted by Crippen LogP contribution is 2.52. The fraction of sp³-hybridized carbons (Fsp3) is 0.581. The monoisotopic (exact) mass is 501 g/mol. The molecule has 2 N–H and O–H groups in total. The zero-order valence-electron chi connectivity index (χ0n) is 22.0. The van der Waals surface area contributed by atoms with Crippen molar-refractivity contribution in [1.29, 1.82) is 0 Å². The van der Waals surface area contributed by atoms with E-state index in [4.69, 9.17) is 4.98 Å². The molecule has 2 aliphatic heterocycles. The molecule has 3 aromatic rings. The molecule has 4 atom stereocenters. The number of rotatable bonds is 7. The Balaban J connectivity index is 1.15. The second-order valence-corrected chi connectivity index (χ2v) is 12.2. The van der Waals surface area contributed by atoms with Gasteiger partial charge in [0.2, 0.25) is 0 Å². The maximum absolute atomic E-state index is 12.9. The summed E-state index contributed by atoms with van der Waals surface area (Å²) in [5, 5.41) is 4.88. The zero-order valence-corrected chi connectivity index (χ0v) is 22.0. The number of hydrogen-bond donors (Lipinski definition) is 2. The van der Waals surface area contributed by atoms with Crippen molar-refractivity contribution in [3.63, 3.8) is 0 Å².